The molecule has 0 amide bonds. The van der Waals surface area contributed by atoms with Crippen molar-refractivity contribution in [3.63, 3.8) is 0 Å². The Morgan fingerprint density at radius 2 is 1.70 bits per heavy atom. The Balaban J connectivity index is 2.05. The monoisotopic (exact) mass is 304 g/mol. The van der Waals surface area contributed by atoms with Gasteiger partial charge in [-0.05, 0) is 32.6 Å². The minimum absolute atomic E-state index is 0.0414. The quantitative estimate of drug-likeness (QED) is 0.852. The van der Waals surface area contributed by atoms with E-state index < -0.39 is 22.1 Å². The Morgan fingerprint density at radius 3 is 2.30 bits per heavy atom. The van der Waals surface area contributed by atoms with E-state index in [0.717, 1.165) is 25.7 Å². The van der Waals surface area contributed by atoms with Gasteiger partial charge in [0.15, 0.2) is 0 Å². The van der Waals surface area contributed by atoms with Crippen LogP contribution in [0.4, 0.5) is 0 Å². The summed E-state index contributed by atoms with van der Waals surface area (Å²) in [5.74, 6) is -1.21. The number of piperidine rings is 1. The number of carbonyl (C=O) groups is 1. The van der Waals surface area contributed by atoms with Gasteiger partial charge in [-0.1, -0.05) is 12.8 Å². The summed E-state index contributed by atoms with van der Waals surface area (Å²) in [6, 6.07) is 0.0414. The number of hydrogen-bond donors (Lipinski definition) is 1. The number of nitrogens with zero attached hydrogens (tertiary/aromatic N) is 2. The van der Waals surface area contributed by atoms with Gasteiger partial charge in [0.1, 0.15) is 0 Å². The van der Waals surface area contributed by atoms with Crippen molar-refractivity contribution >= 4 is 16.2 Å². The van der Waals surface area contributed by atoms with Gasteiger partial charge in [0.2, 0.25) is 0 Å². The van der Waals surface area contributed by atoms with Crippen molar-refractivity contribution in [2.75, 3.05) is 19.6 Å². The van der Waals surface area contributed by atoms with Crippen molar-refractivity contribution in [2.45, 2.75) is 51.5 Å². The van der Waals surface area contributed by atoms with Crippen LogP contribution in [-0.2, 0) is 15.0 Å². The molecule has 0 radical (unpaired) electrons. The molecule has 116 valence electrons. The van der Waals surface area contributed by atoms with E-state index in [-0.39, 0.29) is 6.04 Å². The summed E-state index contributed by atoms with van der Waals surface area (Å²) in [6.07, 6.45) is 4.80. The highest BCUT2D eigenvalue weighted by Gasteiger charge is 2.36. The Morgan fingerprint density at radius 1 is 1.05 bits per heavy atom. The Bertz CT molecular complexity index is 443. The summed E-state index contributed by atoms with van der Waals surface area (Å²) in [6.45, 7) is 3.19. The zero-order valence-corrected chi connectivity index (χ0v) is 12.8. The molecule has 2 rings (SSSR count). The highest BCUT2D eigenvalue weighted by molar-refractivity contribution is 7.86. The van der Waals surface area contributed by atoms with Gasteiger partial charge in [-0.2, -0.15) is 17.0 Å². The molecule has 2 fully saturated rings. The summed E-state index contributed by atoms with van der Waals surface area (Å²) < 4.78 is 28.4. The standard InChI is InChI=1S/C13H24N2O4S/c1-11-5-3-2-4-8-15(11)20(18,19)14-9-6-12(7-10-14)13(16)17/h11-12H,2-10H2,1H3,(H,16,17). The topological polar surface area (TPSA) is 77.9 Å². The third-order valence-corrected chi connectivity index (χ3v) is 6.57. The van der Waals surface area contributed by atoms with E-state index in [1.54, 1.807) is 4.31 Å². The highest BCUT2D eigenvalue weighted by atomic mass is 32.2. The van der Waals surface area contributed by atoms with Gasteiger partial charge in [-0.15, -0.1) is 0 Å². The predicted molar refractivity (Wildman–Crippen MR) is 75.5 cm³/mol. The first-order chi connectivity index (χ1) is 9.43. The van der Waals surface area contributed by atoms with E-state index in [2.05, 4.69) is 0 Å². The number of carboxylic acid groups (broad SMARTS) is 1. The van der Waals surface area contributed by atoms with Crippen LogP contribution in [0.15, 0.2) is 0 Å². The van der Waals surface area contributed by atoms with Crippen LogP contribution in [0.5, 0.6) is 0 Å². The second-order valence-electron chi connectivity index (χ2n) is 5.83. The number of aliphatic carboxylic acids is 1. The smallest absolute Gasteiger partial charge is 0.306 e. The van der Waals surface area contributed by atoms with E-state index in [1.807, 2.05) is 6.92 Å². The second kappa shape index (κ2) is 6.41. The largest absolute Gasteiger partial charge is 0.481 e. The van der Waals surface area contributed by atoms with Crippen molar-refractivity contribution in [3.05, 3.63) is 0 Å². The number of rotatable bonds is 3. The molecule has 7 heteroatoms. The van der Waals surface area contributed by atoms with E-state index in [0.29, 0.717) is 32.5 Å². The number of carboxylic acids is 1. The van der Waals surface area contributed by atoms with Gasteiger partial charge in [0, 0.05) is 25.7 Å². The first-order valence-electron chi connectivity index (χ1n) is 7.42. The van der Waals surface area contributed by atoms with Crippen molar-refractivity contribution < 1.29 is 18.3 Å². The van der Waals surface area contributed by atoms with Gasteiger partial charge in [0.05, 0.1) is 5.92 Å². The summed E-state index contributed by atoms with van der Waals surface area (Å²) >= 11 is 0. The third kappa shape index (κ3) is 3.32. The Kier molecular flexibility index (Phi) is 5.04. The normalized spacial score (nSPS) is 28.1. The first-order valence-corrected chi connectivity index (χ1v) is 8.82. The molecular weight excluding hydrogens is 280 g/mol. The Hall–Kier alpha value is -0.660. The average molecular weight is 304 g/mol. The molecule has 2 aliphatic heterocycles. The molecule has 1 N–H and O–H groups in total. The van der Waals surface area contributed by atoms with Crippen LogP contribution < -0.4 is 0 Å². The fourth-order valence-corrected chi connectivity index (χ4v) is 4.96. The average Bonchev–Trinajstić information content (AvgIpc) is 2.64. The maximum atomic E-state index is 12.7. The maximum Gasteiger partial charge on any atom is 0.306 e. The van der Waals surface area contributed by atoms with Gasteiger partial charge < -0.3 is 5.11 Å². The molecule has 0 aromatic rings. The summed E-state index contributed by atoms with van der Waals surface area (Å²) in [5.41, 5.74) is 0. The zero-order chi connectivity index (χ0) is 14.8. The van der Waals surface area contributed by atoms with E-state index in [1.165, 1.54) is 4.31 Å². The van der Waals surface area contributed by atoms with Gasteiger partial charge in [-0.3, -0.25) is 4.79 Å². The zero-order valence-electron chi connectivity index (χ0n) is 12.0. The lowest BCUT2D eigenvalue weighted by Crippen LogP contribution is -2.50. The van der Waals surface area contributed by atoms with Crippen LogP contribution in [0.25, 0.3) is 0 Å². The van der Waals surface area contributed by atoms with E-state index >= 15 is 0 Å². The lowest BCUT2D eigenvalue weighted by atomic mass is 9.99. The fraction of sp³-hybridized carbons (Fsp3) is 0.923. The molecular formula is C13H24N2O4S. The van der Waals surface area contributed by atoms with Crippen molar-refractivity contribution in [3.8, 4) is 0 Å². The SMILES string of the molecule is CC1CCCCCN1S(=O)(=O)N1CCC(C(=O)O)CC1. The molecule has 20 heavy (non-hydrogen) atoms. The lowest BCUT2D eigenvalue weighted by molar-refractivity contribution is -0.142. The second-order valence-corrected chi connectivity index (χ2v) is 7.71. The van der Waals surface area contributed by atoms with Gasteiger partial charge in [-0.25, -0.2) is 0 Å². The van der Waals surface area contributed by atoms with E-state index in [4.69, 9.17) is 5.11 Å². The molecule has 0 bridgehead atoms. The van der Waals surface area contributed by atoms with Crippen molar-refractivity contribution in [1.29, 1.82) is 0 Å². The molecule has 1 unspecified atom stereocenters. The molecule has 0 spiro atoms. The van der Waals surface area contributed by atoms with Crippen LogP contribution in [0.1, 0.15) is 45.4 Å². The molecule has 1 atom stereocenters. The molecule has 0 saturated carbocycles. The lowest BCUT2D eigenvalue weighted by Gasteiger charge is -2.35. The molecule has 6 nitrogen and oxygen atoms in total. The number of hydrogen-bond acceptors (Lipinski definition) is 3. The van der Waals surface area contributed by atoms with Crippen LogP contribution in [0.2, 0.25) is 0 Å². The van der Waals surface area contributed by atoms with Gasteiger partial charge >= 0.3 is 5.97 Å². The first kappa shape index (κ1) is 15.7. The summed E-state index contributed by atoms with van der Waals surface area (Å²) in [7, 11) is -3.43. The van der Waals surface area contributed by atoms with Crippen LogP contribution >= 0.6 is 0 Å². The Labute approximate surface area is 120 Å². The molecule has 2 aliphatic rings. The van der Waals surface area contributed by atoms with Crippen LogP contribution in [0, 0.1) is 5.92 Å². The molecule has 2 saturated heterocycles. The van der Waals surface area contributed by atoms with E-state index in [9.17, 15) is 13.2 Å². The van der Waals surface area contributed by atoms with Gasteiger partial charge in [0.25, 0.3) is 10.2 Å². The maximum absolute atomic E-state index is 12.7. The highest BCUT2D eigenvalue weighted by Crippen LogP contribution is 2.25. The molecule has 0 aromatic heterocycles. The molecule has 2 heterocycles. The van der Waals surface area contributed by atoms with Crippen LogP contribution in [0.3, 0.4) is 0 Å². The predicted octanol–water partition coefficient (Wildman–Crippen LogP) is 1.29. The van der Waals surface area contributed by atoms with Crippen molar-refractivity contribution in [1.82, 2.24) is 8.61 Å². The third-order valence-electron chi connectivity index (χ3n) is 4.42. The summed E-state index contributed by atoms with van der Waals surface area (Å²) in [5, 5.41) is 8.98. The fourth-order valence-electron chi connectivity index (χ4n) is 3.07. The van der Waals surface area contributed by atoms with Crippen molar-refractivity contribution in [2.24, 2.45) is 5.92 Å². The minimum atomic E-state index is -3.43. The van der Waals surface area contributed by atoms with Crippen LogP contribution in [-0.4, -0.2) is 53.8 Å². The summed E-state index contributed by atoms with van der Waals surface area (Å²) in [4.78, 5) is 10.9. The molecule has 0 aromatic carbocycles. The molecule has 0 aliphatic carbocycles. The minimum Gasteiger partial charge on any atom is -0.481 e.